The number of rotatable bonds is 21. The van der Waals surface area contributed by atoms with Crippen molar-refractivity contribution in [2.24, 2.45) is 0 Å². The van der Waals surface area contributed by atoms with Crippen LogP contribution in [0.4, 0.5) is 26.6 Å². The third-order valence-corrected chi connectivity index (χ3v) is 4.64. The van der Waals surface area contributed by atoms with Crippen molar-refractivity contribution in [3.05, 3.63) is 0 Å². The molecular formula is C21H40F2N6O6. The molecule has 0 unspecified atom stereocenters. The molecule has 0 amide bonds. The fraction of sp³-hybridized carbons (Fsp3) is 0.857. The summed E-state index contributed by atoms with van der Waals surface area (Å²) in [7, 11) is 7.21. The number of ether oxygens (including phenoxy) is 6. The first-order valence-electron chi connectivity index (χ1n) is 11.4. The molecule has 14 heteroatoms. The van der Waals surface area contributed by atoms with Gasteiger partial charge < -0.3 is 28.4 Å². The number of alkyl halides is 2. The summed E-state index contributed by atoms with van der Waals surface area (Å²) in [4.78, 5) is 16.4. The van der Waals surface area contributed by atoms with Gasteiger partial charge in [-0.2, -0.15) is 23.7 Å². The first-order chi connectivity index (χ1) is 16.9. The molecule has 0 aliphatic heterocycles. The maximum absolute atomic E-state index is 15.2. The van der Waals surface area contributed by atoms with Gasteiger partial charge in [-0.25, -0.2) is 4.90 Å². The Labute approximate surface area is 206 Å². The highest BCUT2D eigenvalue weighted by Crippen LogP contribution is 2.29. The van der Waals surface area contributed by atoms with Crippen molar-refractivity contribution in [3.8, 4) is 0 Å². The Morgan fingerprint density at radius 1 is 0.629 bits per heavy atom. The molecule has 0 aliphatic carbocycles. The van der Waals surface area contributed by atoms with Crippen LogP contribution < -0.4 is 14.7 Å². The van der Waals surface area contributed by atoms with Gasteiger partial charge in [0.1, 0.15) is 33.7 Å². The largest absolute Gasteiger partial charge is 0.452 e. The van der Waals surface area contributed by atoms with Gasteiger partial charge in [-0.1, -0.05) is 32.6 Å². The highest BCUT2D eigenvalue weighted by Gasteiger charge is 2.41. The second-order valence-corrected chi connectivity index (χ2v) is 7.58. The summed E-state index contributed by atoms with van der Waals surface area (Å²) >= 11 is 0. The van der Waals surface area contributed by atoms with E-state index in [4.69, 9.17) is 28.4 Å². The Morgan fingerprint density at radius 3 is 1.49 bits per heavy atom. The Kier molecular flexibility index (Phi) is 15.5. The van der Waals surface area contributed by atoms with E-state index in [-0.39, 0.29) is 51.4 Å². The highest BCUT2D eigenvalue weighted by molar-refractivity contribution is 5.46. The lowest BCUT2D eigenvalue weighted by Crippen LogP contribution is -2.47. The Hall–Kier alpha value is -1.97. The molecule has 0 N–H and O–H groups in total. The van der Waals surface area contributed by atoms with Crippen LogP contribution >= 0.6 is 0 Å². The van der Waals surface area contributed by atoms with E-state index in [1.54, 1.807) is 0 Å². The van der Waals surface area contributed by atoms with Gasteiger partial charge in [0.25, 0.3) is 0 Å². The van der Waals surface area contributed by atoms with Crippen LogP contribution in [0, 0.1) is 0 Å². The fourth-order valence-corrected chi connectivity index (χ4v) is 3.03. The van der Waals surface area contributed by atoms with Gasteiger partial charge in [0.2, 0.25) is 17.8 Å². The van der Waals surface area contributed by atoms with E-state index in [0.717, 1.165) is 25.7 Å². The van der Waals surface area contributed by atoms with Crippen molar-refractivity contribution >= 4 is 17.8 Å². The molecule has 1 heterocycles. The molecule has 0 saturated heterocycles. The monoisotopic (exact) mass is 510 g/mol. The molecule has 0 atom stereocenters. The van der Waals surface area contributed by atoms with Gasteiger partial charge in [-0.3, -0.25) is 9.80 Å². The molecule has 0 radical (unpaired) electrons. The summed E-state index contributed by atoms with van der Waals surface area (Å²) in [5.74, 6) is -0.276. The highest BCUT2D eigenvalue weighted by atomic mass is 19.3. The van der Waals surface area contributed by atoms with Crippen LogP contribution in [-0.2, 0) is 28.4 Å². The standard InChI is InChI=1S/C21H40F2N6O6/c1-7-8-9-10-11-12-35-21(22,23)29(17-34-6)20-25-18(27(13-30-2)14-31-3)24-19(26-20)28(15-32-4)16-33-5/h7-17H2,1-6H3. The van der Waals surface area contributed by atoms with Crippen LogP contribution in [0.2, 0.25) is 0 Å². The number of unbranched alkanes of at least 4 members (excludes halogenated alkanes) is 4. The first kappa shape index (κ1) is 31.1. The van der Waals surface area contributed by atoms with E-state index in [9.17, 15) is 0 Å². The third kappa shape index (κ3) is 10.7. The van der Waals surface area contributed by atoms with Crippen LogP contribution in [0.15, 0.2) is 0 Å². The quantitative estimate of drug-likeness (QED) is 0.138. The van der Waals surface area contributed by atoms with E-state index in [1.807, 2.05) is 0 Å². The predicted octanol–water partition coefficient (Wildman–Crippen LogP) is 2.85. The Morgan fingerprint density at radius 2 is 1.06 bits per heavy atom. The van der Waals surface area contributed by atoms with Crippen molar-refractivity contribution in [2.75, 3.05) is 90.5 Å². The normalized spacial score (nSPS) is 11.7. The number of nitrogens with zero attached hydrogens (tertiary/aromatic N) is 6. The van der Waals surface area contributed by atoms with Gasteiger partial charge in [0, 0.05) is 35.5 Å². The summed E-state index contributed by atoms with van der Waals surface area (Å²) in [6, 6.07) is 0. The minimum Gasteiger partial charge on any atom is -0.364 e. The second-order valence-electron chi connectivity index (χ2n) is 7.58. The van der Waals surface area contributed by atoms with Crippen molar-refractivity contribution < 1.29 is 37.2 Å². The average Bonchev–Trinajstić information content (AvgIpc) is 2.84. The molecule has 35 heavy (non-hydrogen) atoms. The first-order valence-corrected chi connectivity index (χ1v) is 11.4. The topological polar surface area (TPSA) is 104 Å². The number of methoxy groups -OCH3 is 5. The smallest absolute Gasteiger partial charge is 0.364 e. The zero-order valence-corrected chi connectivity index (χ0v) is 21.7. The number of hydrogen-bond donors (Lipinski definition) is 0. The molecule has 0 aliphatic rings. The Bertz CT molecular complexity index is 647. The molecule has 1 rings (SSSR count). The van der Waals surface area contributed by atoms with Crippen LogP contribution in [0.5, 0.6) is 0 Å². The molecule has 0 saturated carbocycles. The van der Waals surface area contributed by atoms with E-state index in [2.05, 4.69) is 21.9 Å². The zero-order valence-electron chi connectivity index (χ0n) is 21.7. The third-order valence-electron chi connectivity index (χ3n) is 4.64. The lowest BCUT2D eigenvalue weighted by Gasteiger charge is -2.31. The van der Waals surface area contributed by atoms with Crippen molar-refractivity contribution in [1.82, 2.24) is 15.0 Å². The molecule has 1 aromatic rings. The molecule has 0 spiro atoms. The average molecular weight is 511 g/mol. The van der Waals surface area contributed by atoms with E-state index in [1.165, 1.54) is 45.3 Å². The molecule has 0 bridgehead atoms. The van der Waals surface area contributed by atoms with Crippen LogP contribution in [-0.4, -0.2) is 97.0 Å². The number of hydrogen-bond acceptors (Lipinski definition) is 12. The zero-order chi connectivity index (χ0) is 26.1. The number of halogens is 2. The summed E-state index contributed by atoms with van der Waals surface area (Å²) < 4.78 is 61.1. The summed E-state index contributed by atoms with van der Waals surface area (Å²) in [5.41, 5.74) is 0. The van der Waals surface area contributed by atoms with Crippen molar-refractivity contribution in [2.45, 2.75) is 45.3 Å². The minimum absolute atomic E-state index is 0.0419. The van der Waals surface area contributed by atoms with Gasteiger partial charge in [-0.15, -0.1) is 0 Å². The molecule has 1 aromatic heterocycles. The SMILES string of the molecule is CCCCCCCOC(F)(F)N(COC)c1nc(N(COC)COC)nc(N(COC)COC)n1. The maximum atomic E-state index is 15.2. The van der Waals surface area contributed by atoms with Crippen LogP contribution in [0.3, 0.4) is 0 Å². The lowest BCUT2D eigenvalue weighted by atomic mass is 10.2. The van der Waals surface area contributed by atoms with E-state index >= 15 is 8.78 Å². The van der Waals surface area contributed by atoms with Crippen LogP contribution in [0.1, 0.15) is 39.0 Å². The second kappa shape index (κ2) is 17.5. The number of aromatic nitrogens is 3. The molecule has 12 nitrogen and oxygen atoms in total. The summed E-state index contributed by atoms with van der Waals surface area (Å²) in [6.45, 7) is 1.60. The van der Waals surface area contributed by atoms with Gasteiger partial charge >= 0.3 is 6.23 Å². The van der Waals surface area contributed by atoms with Crippen LogP contribution in [0.25, 0.3) is 0 Å². The predicted molar refractivity (Wildman–Crippen MR) is 126 cm³/mol. The van der Waals surface area contributed by atoms with Gasteiger partial charge in [0.15, 0.2) is 0 Å². The molecule has 0 aromatic carbocycles. The lowest BCUT2D eigenvalue weighted by molar-refractivity contribution is -0.244. The number of anilines is 3. The summed E-state index contributed by atoms with van der Waals surface area (Å²) in [5, 5.41) is 0. The van der Waals surface area contributed by atoms with E-state index in [0.29, 0.717) is 11.3 Å². The van der Waals surface area contributed by atoms with Crippen molar-refractivity contribution in [1.29, 1.82) is 0 Å². The van der Waals surface area contributed by atoms with Gasteiger partial charge in [-0.05, 0) is 6.42 Å². The molecule has 204 valence electrons. The minimum atomic E-state index is -3.74. The summed E-state index contributed by atoms with van der Waals surface area (Å²) in [6.07, 6.45) is 0.667. The molecular weight excluding hydrogens is 470 g/mol. The van der Waals surface area contributed by atoms with Crippen molar-refractivity contribution in [3.63, 3.8) is 0 Å². The van der Waals surface area contributed by atoms with E-state index < -0.39 is 13.0 Å². The fourth-order valence-electron chi connectivity index (χ4n) is 3.03. The van der Waals surface area contributed by atoms with Gasteiger partial charge in [0.05, 0.1) is 6.61 Å². The molecule has 0 fully saturated rings. The maximum Gasteiger partial charge on any atom is 0.452 e. The Balaban J connectivity index is 3.35.